The lowest BCUT2D eigenvalue weighted by Crippen LogP contribution is -2.60. The summed E-state index contributed by atoms with van der Waals surface area (Å²) < 4.78 is 0. The number of amides is 1. The maximum atomic E-state index is 13.3. The number of nitrogens with zero attached hydrogens (tertiary/aromatic N) is 1. The van der Waals surface area contributed by atoms with E-state index in [0.29, 0.717) is 16.9 Å². The van der Waals surface area contributed by atoms with Gasteiger partial charge in [0.25, 0.3) is 5.91 Å². The summed E-state index contributed by atoms with van der Waals surface area (Å²) in [6.45, 7) is 0. The first-order valence-corrected chi connectivity index (χ1v) is 10.3. The van der Waals surface area contributed by atoms with Gasteiger partial charge in [0.15, 0.2) is 0 Å². The maximum absolute atomic E-state index is 13.3. The Labute approximate surface area is 167 Å². The van der Waals surface area contributed by atoms with Gasteiger partial charge < -0.3 is 20.5 Å². The smallest absolute Gasteiger partial charge is 0.324 e. The summed E-state index contributed by atoms with van der Waals surface area (Å²) in [5, 5.41) is 11.8. The van der Waals surface area contributed by atoms with Crippen LogP contribution in [-0.2, 0) is 9.59 Å². The van der Waals surface area contributed by atoms with Gasteiger partial charge in [0.05, 0.1) is 4.88 Å². The van der Waals surface area contributed by atoms with E-state index < -0.39 is 17.4 Å². The zero-order chi connectivity index (χ0) is 19.9. The van der Waals surface area contributed by atoms with E-state index in [9.17, 15) is 19.5 Å². The molecule has 1 amide bonds. The number of fused-ring (bicyclic) bond motifs is 2. The summed E-state index contributed by atoms with van der Waals surface area (Å²) in [5.74, 6) is -1.86. The highest BCUT2D eigenvalue weighted by molar-refractivity contribution is 7.12. The van der Waals surface area contributed by atoms with Gasteiger partial charge in [-0.15, -0.1) is 11.3 Å². The van der Waals surface area contributed by atoms with Crippen LogP contribution in [0.25, 0.3) is 0 Å². The normalized spacial score (nSPS) is 25.5. The number of benzene rings is 1. The maximum Gasteiger partial charge on any atom is 0.324 e. The first-order chi connectivity index (χ1) is 13.5. The molecule has 4 unspecified atom stereocenters. The Morgan fingerprint density at radius 3 is 2.71 bits per heavy atom. The van der Waals surface area contributed by atoms with Crippen molar-refractivity contribution in [1.29, 1.82) is 0 Å². The van der Waals surface area contributed by atoms with Crippen molar-refractivity contribution in [3.05, 3.63) is 52.2 Å². The van der Waals surface area contributed by atoms with Gasteiger partial charge in [-0.2, -0.15) is 0 Å². The lowest BCUT2D eigenvalue weighted by Gasteiger charge is -2.48. The number of hydrogen-bond acceptors (Lipinski definition) is 5. The molecule has 146 valence electrons. The van der Waals surface area contributed by atoms with Gasteiger partial charge in [-0.25, -0.2) is 0 Å². The number of carbonyl (C=O) groups is 3. The van der Waals surface area contributed by atoms with Crippen LogP contribution in [0.5, 0.6) is 0 Å². The molecular formula is C21H22N2O4S. The number of anilines is 1. The number of aliphatic carboxylic acids is 1. The molecule has 0 spiro atoms. The lowest BCUT2D eigenvalue weighted by molar-refractivity contribution is -0.146. The number of aldehydes is 1. The molecule has 28 heavy (non-hydrogen) atoms. The molecule has 1 aliphatic carbocycles. The van der Waals surface area contributed by atoms with E-state index in [1.165, 1.54) is 11.3 Å². The van der Waals surface area contributed by atoms with E-state index in [2.05, 4.69) is 0 Å². The molecule has 3 N–H and O–H groups in total. The van der Waals surface area contributed by atoms with E-state index >= 15 is 0 Å². The quantitative estimate of drug-likeness (QED) is 0.754. The van der Waals surface area contributed by atoms with Gasteiger partial charge in [0.1, 0.15) is 11.8 Å². The standard InChI is InChI=1S/C21H22N2O4S/c22-21(10-11-24,20(26)27)18-13-5-1-2-7-15(13)23(16-8-3-6-14(16)18)19(25)17-9-4-12-28-17/h1-2,4-5,7,9,11-12,14,16,18H,3,6,8,10,22H2,(H,26,27). The number of carboxylic acids is 1. The van der Waals surface area contributed by atoms with Crippen LogP contribution in [0.4, 0.5) is 5.69 Å². The second kappa shape index (κ2) is 7.14. The van der Waals surface area contributed by atoms with Gasteiger partial charge in [-0.3, -0.25) is 9.59 Å². The summed E-state index contributed by atoms with van der Waals surface area (Å²) in [7, 11) is 0. The van der Waals surface area contributed by atoms with Crippen molar-refractivity contribution in [3.8, 4) is 0 Å². The number of nitrogens with two attached hydrogens (primary N) is 1. The Morgan fingerprint density at radius 2 is 2.04 bits per heavy atom. The average Bonchev–Trinajstić information content (AvgIpc) is 3.37. The van der Waals surface area contributed by atoms with Crippen LogP contribution in [0.15, 0.2) is 41.8 Å². The third-order valence-corrected chi connectivity index (χ3v) is 7.01. The molecule has 1 saturated carbocycles. The van der Waals surface area contributed by atoms with Gasteiger partial charge in [0.2, 0.25) is 0 Å². The molecule has 1 aromatic heterocycles. The van der Waals surface area contributed by atoms with Crippen molar-refractivity contribution >= 4 is 35.2 Å². The fraction of sp³-hybridized carbons (Fsp3) is 0.381. The fourth-order valence-electron chi connectivity index (χ4n) is 4.98. The van der Waals surface area contributed by atoms with Crippen LogP contribution in [0.2, 0.25) is 0 Å². The Balaban J connectivity index is 1.89. The summed E-state index contributed by atoms with van der Waals surface area (Å²) in [4.78, 5) is 39.2. The van der Waals surface area contributed by atoms with Crippen LogP contribution >= 0.6 is 11.3 Å². The highest BCUT2D eigenvalue weighted by Crippen LogP contribution is 2.53. The monoisotopic (exact) mass is 398 g/mol. The molecule has 0 saturated heterocycles. The van der Waals surface area contributed by atoms with Gasteiger partial charge in [0, 0.05) is 24.1 Å². The predicted molar refractivity (Wildman–Crippen MR) is 107 cm³/mol. The third-order valence-electron chi connectivity index (χ3n) is 6.15. The Hall–Kier alpha value is -2.51. The van der Waals surface area contributed by atoms with Crippen LogP contribution in [-0.4, -0.2) is 34.8 Å². The predicted octanol–water partition coefficient (Wildman–Crippen LogP) is 3.03. The van der Waals surface area contributed by atoms with E-state index in [-0.39, 0.29) is 24.3 Å². The number of hydrogen-bond donors (Lipinski definition) is 2. The molecule has 0 radical (unpaired) electrons. The van der Waals surface area contributed by atoms with Gasteiger partial charge >= 0.3 is 5.97 Å². The summed E-state index contributed by atoms with van der Waals surface area (Å²) in [5.41, 5.74) is 6.13. The van der Waals surface area contributed by atoms with Crippen molar-refractivity contribution in [2.75, 3.05) is 4.90 Å². The molecule has 1 aliphatic heterocycles. The largest absolute Gasteiger partial charge is 0.480 e. The van der Waals surface area contributed by atoms with Crippen LogP contribution in [0, 0.1) is 5.92 Å². The van der Waals surface area contributed by atoms with E-state index in [1.54, 1.807) is 0 Å². The molecule has 4 rings (SSSR count). The number of thiophene rings is 1. The minimum Gasteiger partial charge on any atom is -0.480 e. The molecule has 2 heterocycles. The molecule has 6 nitrogen and oxygen atoms in total. The van der Waals surface area contributed by atoms with Crippen molar-refractivity contribution in [3.63, 3.8) is 0 Å². The molecule has 1 aromatic carbocycles. The average molecular weight is 398 g/mol. The second-order valence-electron chi connectivity index (χ2n) is 7.57. The van der Waals surface area contributed by atoms with E-state index in [1.807, 2.05) is 46.7 Å². The first kappa shape index (κ1) is 18.8. The number of carbonyl (C=O) groups excluding carboxylic acids is 2. The van der Waals surface area contributed by atoms with Crippen LogP contribution in [0.3, 0.4) is 0 Å². The summed E-state index contributed by atoms with van der Waals surface area (Å²) in [6.07, 6.45) is 2.80. The summed E-state index contributed by atoms with van der Waals surface area (Å²) >= 11 is 1.40. The highest BCUT2D eigenvalue weighted by Gasteiger charge is 2.55. The topological polar surface area (TPSA) is 101 Å². The molecule has 1 fully saturated rings. The minimum atomic E-state index is -1.69. The third kappa shape index (κ3) is 2.77. The van der Waals surface area contributed by atoms with Crippen molar-refractivity contribution in [1.82, 2.24) is 0 Å². The molecule has 2 aromatic rings. The van der Waals surface area contributed by atoms with Crippen LogP contribution < -0.4 is 10.6 Å². The van der Waals surface area contributed by atoms with E-state index in [0.717, 1.165) is 24.8 Å². The zero-order valence-electron chi connectivity index (χ0n) is 15.3. The molecular weight excluding hydrogens is 376 g/mol. The van der Waals surface area contributed by atoms with Crippen molar-refractivity contribution in [2.45, 2.75) is 43.2 Å². The Bertz CT molecular complexity index is 913. The minimum absolute atomic E-state index is 0.0638. The SMILES string of the molecule is NC(CC=O)(C(=O)O)C1c2ccccc2N(C(=O)c2cccs2)C2CCCC21. The van der Waals surface area contributed by atoms with E-state index in [4.69, 9.17) is 5.73 Å². The molecule has 2 aliphatic rings. The summed E-state index contributed by atoms with van der Waals surface area (Å²) in [6, 6.07) is 10.9. The Morgan fingerprint density at radius 1 is 1.25 bits per heavy atom. The van der Waals surface area contributed by atoms with Crippen molar-refractivity contribution < 1.29 is 19.5 Å². The van der Waals surface area contributed by atoms with Gasteiger partial charge in [-0.05, 0) is 41.8 Å². The lowest BCUT2D eigenvalue weighted by atomic mass is 9.66. The molecule has 4 atom stereocenters. The van der Waals surface area contributed by atoms with Crippen LogP contribution in [0.1, 0.15) is 46.8 Å². The van der Waals surface area contributed by atoms with Gasteiger partial charge in [-0.1, -0.05) is 30.7 Å². The molecule has 0 bridgehead atoms. The highest BCUT2D eigenvalue weighted by atomic mass is 32.1. The molecule has 7 heteroatoms. The Kier molecular flexibility index (Phi) is 4.81. The second-order valence-corrected chi connectivity index (χ2v) is 8.52. The number of carboxylic acid groups (broad SMARTS) is 1. The first-order valence-electron chi connectivity index (χ1n) is 9.41. The fourth-order valence-corrected chi connectivity index (χ4v) is 5.64. The van der Waals surface area contributed by atoms with Crippen molar-refractivity contribution in [2.24, 2.45) is 11.7 Å². The number of para-hydroxylation sites is 1. The number of rotatable bonds is 5. The zero-order valence-corrected chi connectivity index (χ0v) is 16.1.